The summed E-state index contributed by atoms with van der Waals surface area (Å²) in [7, 11) is 3.25. The van der Waals surface area contributed by atoms with Crippen LogP contribution in [0.25, 0.3) is 0 Å². The summed E-state index contributed by atoms with van der Waals surface area (Å²) in [4.78, 5) is 14.0. The van der Waals surface area contributed by atoms with E-state index in [1.54, 1.807) is 14.2 Å². The number of hydrogen-bond acceptors (Lipinski definition) is 5. The van der Waals surface area contributed by atoms with E-state index in [2.05, 4.69) is 11.0 Å². The second kappa shape index (κ2) is 11.1. The van der Waals surface area contributed by atoms with Crippen LogP contribution in [-0.4, -0.2) is 43.3 Å². The van der Waals surface area contributed by atoms with Crippen LogP contribution in [0.15, 0.2) is 72.8 Å². The maximum absolute atomic E-state index is 11.8. The Kier molecular flexibility index (Phi) is 7.70. The van der Waals surface area contributed by atoms with Gasteiger partial charge < -0.3 is 19.3 Å². The summed E-state index contributed by atoms with van der Waals surface area (Å²) in [5.74, 6) is 0.919. The number of hydrogen-bond donors (Lipinski definition) is 1. The number of benzene rings is 3. The van der Waals surface area contributed by atoms with E-state index >= 15 is 0 Å². The molecular weight excluding hydrogens is 430 g/mol. The molecule has 4 rings (SSSR count). The van der Waals surface area contributed by atoms with Crippen LogP contribution in [-0.2, 0) is 11.4 Å². The minimum absolute atomic E-state index is 0.201. The van der Waals surface area contributed by atoms with Gasteiger partial charge in [-0.25, -0.2) is 0 Å². The van der Waals surface area contributed by atoms with Crippen molar-refractivity contribution in [3.8, 4) is 17.2 Å². The van der Waals surface area contributed by atoms with E-state index < -0.39 is 11.9 Å². The number of aliphatic carboxylic acids is 1. The van der Waals surface area contributed by atoms with Crippen LogP contribution in [0.2, 0.25) is 0 Å². The van der Waals surface area contributed by atoms with Crippen molar-refractivity contribution in [1.29, 1.82) is 0 Å². The molecule has 1 heterocycles. The largest absolute Gasteiger partial charge is 0.493 e. The maximum Gasteiger partial charge on any atom is 0.307 e. The van der Waals surface area contributed by atoms with Crippen LogP contribution in [0.3, 0.4) is 0 Å². The van der Waals surface area contributed by atoms with Gasteiger partial charge in [0.05, 0.1) is 26.2 Å². The van der Waals surface area contributed by atoms with Crippen LogP contribution < -0.4 is 14.2 Å². The van der Waals surface area contributed by atoms with Crippen LogP contribution in [0.4, 0.5) is 0 Å². The predicted molar refractivity (Wildman–Crippen MR) is 131 cm³/mol. The Hall–Kier alpha value is -3.51. The SMILES string of the molecule is COc1cccc(C(c2cccc(OCc3ccccc3)c2)N2CCCC(C(=O)O)C2)c1OC. The summed E-state index contributed by atoms with van der Waals surface area (Å²) >= 11 is 0. The van der Waals surface area contributed by atoms with E-state index in [-0.39, 0.29) is 6.04 Å². The molecule has 3 aromatic rings. The lowest BCUT2D eigenvalue weighted by Gasteiger charge is -2.38. The summed E-state index contributed by atoms with van der Waals surface area (Å²) < 4.78 is 17.4. The van der Waals surface area contributed by atoms with Gasteiger partial charge in [0.2, 0.25) is 0 Å². The minimum atomic E-state index is -0.749. The van der Waals surface area contributed by atoms with Gasteiger partial charge in [-0.05, 0) is 48.7 Å². The highest BCUT2D eigenvalue weighted by Gasteiger charge is 2.33. The normalized spacial score (nSPS) is 17.1. The van der Waals surface area contributed by atoms with Crippen LogP contribution in [0.1, 0.15) is 35.6 Å². The standard InChI is InChI=1S/C28H31NO5/c1-32-25-15-7-14-24(27(25)33-2)26(29-16-8-12-22(18-29)28(30)31)21-11-6-13-23(17-21)34-19-20-9-4-3-5-10-20/h3-7,9-11,13-15,17,22,26H,8,12,16,18-19H2,1-2H3,(H,30,31). The molecule has 6 nitrogen and oxygen atoms in total. The molecule has 178 valence electrons. The zero-order chi connectivity index (χ0) is 23.9. The van der Waals surface area contributed by atoms with Gasteiger partial charge in [0.25, 0.3) is 0 Å². The van der Waals surface area contributed by atoms with E-state index in [0.717, 1.165) is 35.4 Å². The second-order valence-electron chi connectivity index (χ2n) is 8.50. The van der Waals surface area contributed by atoms with E-state index in [0.29, 0.717) is 31.1 Å². The quantitative estimate of drug-likeness (QED) is 0.474. The first-order valence-electron chi connectivity index (χ1n) is 11.5. The number of rotatable bonds is 9. The first-order chi connectivity index (χ1) is 16.6. The van der Waals surface area contributed by atoms with Crippen molar-refractivity contribution in [3.63, 3.8) is 0 Å². The number of methoxy groups -OCH3 is 2. The van der Waals surface area contributed by atoms with Gasteiger partial charge in [-0.1, -0.05) is 54.6 Å². The molecular formula is C28H31NO5. The summed E-state index contributed by atoms with van der Waals surface area (Å²) in [5, 5.41) is 9.69. The molecule has 3 aromatic carbocycles. The number of para-hydroxylation sites is 1. The fourth-order valence-electron chi connectivity index (χ4n) is 4.67. The van der Waals surface area contributed by atoms with E-state index in [1.807, 2.05) is 66.7 Å². The Morgan fingerprint density at radius 3 is 2.56 bits per heavy atom. The smallest absolute Gasteiger partial charge is 0.307 e. The van der Waals surface area contributed by atoms with E-state index in [1.165, 1.54) is 0 Å². The highest BCUT2D eigenvalue weighted by Crippen LogP contribution is 2.42. The average Bonchev–Trinajstić information content (AvgIpc) is 2.88. The van der Waals surface area contributed by atoms with Crippen molar-refractivity contribution in [2.45, 2.75) is 25.5 Å². The van der Waals surface area contributed by atoms with Gasteiger partial charge in [-0.3, -0.25) is 9.69 Å². The minimum Gasteiger partial charge on any atom is -0.493 e. The second-order valence-corrected chi connectivity index (χ2v) is 8.50. The third-order valence-electron chi connectivity index (χ3n) is 6.32. The number of carbonyl (C=O) groups is 1. The molecule has 1 fully saturated rings. The van der Waals surface area contributed by atoms with Crippen molar-refractivity contribution in [3.05, 3.63) is 89.5 Å². The lowest BCUT2D eigenvalue weighted by Crippen LogP contribution is -2.41. The number of likely N-dealkylation sites (tertiary alicyclic amines) is 1. The Morgan fingerprint density at radius 2 is 1.82 bits per heavy atom. The zero-order valence-electron chi connectivity index (χ0n) is 19.6. The molecule has 1 saturated heterocycles. The lowest BCUT2D eigenvalue weighted by atomic mass is 9.90. The molecule has 0 saturated carbocycles. The summed E-state index contributed by atoms with van der Waals surface area (Å²) in [6, 6.07) is 23.7. The highest BCUT2D eigenvalue weighted by molar-refractivity contribution is 5.70. The Bertz CT molecular complexity index is 1100. The van der Waals surface area contributed by atoms with Crippen molar-refractivity contribution < 1.29 is 24.1 Å². The number of nitrogens with zero attached hydrogens (tertiary/aromatic N) is 1. The van der Waals surface area contributed by atoms with Gasteiger partial charge >= 0.3 is 5.97 Å². The Morgan fingerprint density at radius 1 is 1.03 bits per heavy atom. The third kappa shape index (κ3) is 5.34. The molecule has 2 atom stereocenters. The molecule has 2 unspecified atom stereocenters. The van der Waals surface area contributed by atoms with Crippen molar-refractivity contribution in [2.75, 3.05) is 27.3 Å². The molecule has 0 bridgehead atoms. The average molecular weight is 462 g/mol. The molecule has 0 spiro atoms. The summed E-state index contributed by atoms with van der Waals surface area (Å²) in [5.41, 5.74) is 3.05. The Labute approximate surface area is 200 Å². The third-order valence-corrected chi connectivity index (χ3v) is 6.32. The van der Waals surface area contributed by atoms with Crippen molar-refractivity contribution in [2.24, 2.45) is 5.92 Å². The number of piperidine rings is 1. The van der Waals surface area contributed by atoms with Gasteiger partial charge in [-0.15, -0.1) is 0 Å². The first-order valence-corrected chi connectivity index (χ1v) is 11.5. The topological polar surface area (TPSA) is 68.2 Å². The van der Waals surface area contributed by atoms with Crippen molar-refractivity contribution >= 4 is 5.97 Å². The predicted octanol–water partition coefficient (Wildman–Crippen LogP) is 5.17. The zero-order valence-corrected chi connectivity index (χ0v) is 19.6. The maximum atomic E-state index is 11.8. The summed E-state index contributed by atoms with van der Waals surface area (Å²) in [6.07, 6.45) is 1.51. The summed E-state index contributed by atoms with van der Waals surface area (Å²) in [6.45, 7) is 1.74. The molecule has 0 radical (unpaired) electrons. The molecule has 1 aliphatic rings. The molecule has 6 heteroatoms. The van der Waals surface area contributed by atoms with Crippen molar-refractivity contribution in [1.82, 2.24) is 4.90 Å². The molecule has 0 aromatic heterocycles. The lowest BCUT2D eigenvalue weighted by molar-refractivity contribution is -0.143. The number of ether oxygens (including phenoxy) is 3. The van der Waals surface area contributed by atoms with Crippen LogP contribution in [0.5, 0.6) is 17.2 Å². The monoisotopic (exact) mass is 461 g/mol. The molecule has 1 N–H and O–H groups in total. The molecule has 0 aliphatic carbocycles. The molecule has 1 aliphatic heterocycles. The fraction of sp³-hybridized carbons (Fsp3) is 0.321. The van der Waals surface area contributed by atoms with Gasteiger partial charge in [0, 0.05) is 12.1 Å². The van der Waals surface area contributed by atoms with E-state index in [4.69, 9.17) is 14.2 Å². The van der Waals surface area contributed by atoms with Gasteiger partial charge in [0.1, 0.15) is 12.4 Å². The van der Waals surface area contributed by atoms with Crippen LogP contribution >= 0.6 is 0 Å². The first kappa shape index (κ1) is 23.6. The Balaban J connectivity index is 1.71. The number of carboxylic acids is 1. The van der Waals surface area contributed by atoms with E-state index in [9.17, 15) is 9.90 Å². The number of carboxylic acid groups (broad SMARTS) is 1. The van der Waals surface area contributed by atoms with Crippen LogP contribution in [0, 0.1) is 5.92 Å². The van der Waals surface area contributed by atoms with Gasteiger partial charge in [0.15, 0.2) is 11.5 Å². The molecule has 34 heavy (non-hydrogen) atoms. The fourth-order valence-corrected chi connectivity index (χ4v) is 4.67. The molecule has 0 amide bonds. The highest BCUT2D eigenvalue weighted by atomic mass is 16.5. The van der Waals surface area contributed by atoms with Gasteiger partial charge in [-0.2, -0.15) is 0 Å².